The van der Waals surface area contributed by atoms with E-state index < -0.39 is 0 Å². The summed E-state index contributed by atoms with van der Waals surface area (Å²) < 4.78 is 10.6. The third kappa shape index (κ3) is 2.87. The third-order valence-corrected chi connectivity index (χ3v) is 2.96. The second-order valence-electron chi connectivity index (χ2n) is 4.19. The predicted molar refractivity (Wildman–Crippen MR) is 69.4 cm³/mol. The van der Waals surface area contributed by atoms with Crippen LogP contribution in [0.4, 0.5) is 0 Å². The van der Waals surface area contributed by atoms with E-state index in [1.165, 1.54) is 16.5 Å². The number of hydrogen-bond acceptors (Lipinski definition) is 3. The lowest BCUT2D eigenvalue weighted by molar-refractivity contribution is 0.202. The van der Waals surface area contributed by atoms with Crippen molar-refractivity contribution in [2.45, 2.75) is 12.8 Å². The molecule has 17 heavy (non-hydrogen) atoms. The van der Waals surface area contributed by atoms with Gasteiger partial charge in [-0.05, 0) is 49.7 Å². The molecular weight excluding hydrogens is 214 g/mol. The van der Waals surface area contributed by atoms with Gasteiger partial charge in [0.2, 0.25) is 0 Å². The SMILES string of the molecule is CNCCc1coc2ccc(CCOC)cc12. The number of likely N-dealkylation sites (N-methyl/N-ethyl adjacent to an activating group) is 1. The Morgan fingerprint density at radius 3 is 2.94 bits per heavy atom. The minimum atomic E-state index is 0.759. The Balaban J connectivity index is 2.23. The number of benzene rings is 1. The Bertz CT molecular complexity index is 476. The first kappa shape index (κ1) is 12.1. The molecule has 0 atom stereocenters. The highest BCUT2D eigenvalue weighted by atomic mass is 16.5. The molecule has 0 spiro atoms. The van der Waals surface area contributed by atoms with Gasteiger partial charge < -0.3 is 14.5 Å². The minimum Gasteiger partial charge on any atom is -0.464 e. The summed E-state index contributed by atoms with van der Waals surface area (Å²) in [5, 5.41) is 4.39. The summed E-state index contributed by atoms with van der Waals surface area (Å²) in [6.45, 7) is 1.73. The fraction of sp³-hybridized carbons (Fsp3) is 0.429. The van der Waals surface area contributed by atoms with Crippen LogP contribution in [-0.4, -0.2) is 27.3 Å². The molecule has 1 heterocycles. The van der Waals surface area contributed by atoms with Crippen molar-refractivity contribution in [1.82, 2.24) is 5.32 Å². The predicted octanol–water partition coefficient (Wildman–Crippen LogP) is 2.38. The molecule has 0 aliphatic heterocycles. The van der Waals surface area contributed by atoms with Gasteiger partial charge in [0.05, 0.1) is 12.9 Å². The molecule has 92 valence electrons. The zero-order valence-electron chi connectivity index (χ0n) is 10.5. The van der Waals surface area contributed by atoms with Gasteiger partial charge in [-0.15, -0.1) is 0 Å². The van der Waals surface area contributed by atoms with Crippen molar-refractivity contribution in [2.24, 2.45) is 0 Å². The zero-order chi connectivity index (χ0) is 12.1. The zero-order valence-corrected chi connectivity index (χ0v) is 10.5. The molecule has 1 aromatic heterocycles. The number of nitrogens with one attached hydrogen (secondary N) is 1. The van der Waals surface area contributed by atoms with E-state index in [1.54, 1.807) is 7.11 Å². The lowest BCUT2D eigenvalue weighted by Crippen LogP contribution is -2.09. The minimum absolute atomic E-state index is 0.759. The molecule has 0 amide bonds. The molecule has 0 aliphatic carbocycles. The fourth-order valence-electron chi connectivity index (χ4n) is 1.96. The number of methoxy groups -OCH3 is 1. The van der Waals surface area contributed by atoms with Crippen molar-refractivity contribution in [1.29, 1.82) is 0 Å². The largest absolute Gasteiger partial charge is 0.464 e. The van der Waals surface area contributed by atoms with Gasteiger partial charge in [0.25, 0.3) is 0 Å². The highest BCUT2D eigenvalue weighted by molar-refractivity contribution is 5.81. The quantitative estimate of drug-likeness (QED) is 0.832. The number of ether oxygens (including phenoxy) is 1. The summed E-state index contributed by atoms with van der Waals surface area (Å²) in [7, 11) is 3.70. The summed E-state index contributed by atoms with van der Waals surface area (Å²) in [6.07, 6.45) is 3.81. The molecular formula is C14H19NO2. The number of fused-ring (bicyclic) bond motifs is 1. The highest BCUT2D eigenvalue weighted by Crippen LogP contribution is 2.23. The molecule has 2 aromatic rings. The van der Waals surface area contributed by atoms with Crippen LogP contribution in [-0.2, 0) is 17.6 Å². The highest BCUT2D eigenvalue weighted by Gasteiger charge is 2.06. The van der Waals surface area contributed by atoms with Crippen LogP contribution in [0, 0.1) is 0 Å². The maximum Gasteiger partial charge on any atom is 0.134 e. The van der Waals surface area contributed by atoms with E-state index in [0.717, 1.165) is 31.6 Å². The maximum absolute atomic E-state index is 5.55. The van der Waals surface area contributed by atoms with Crippen LogP contribution >= 0.6 is 0 Å². The van der Waals surface area contributed by atoms with Crippen molar-refractivity contribution in [2.75, 3.05) is 27.3 Å². The molecule has 3 nitrogen and oxygen atoms in total. The first-order chi connectivity index (χ1) is 8.35. The molecule has 0 bridgehead atoms. The third-order valence-electron chi connectivity index (χ3n) is 2.96. The van der Waals surface area contributed by atoms with Gasteiger partial charge in [0.1, 0.15) is 5.58 Å². The molecule has 0 unspecified atom stereocenters. The van der Waals surface area contributed by atoms with Crippen LogP contribution in [0.5, 0.6) is 0 Å². The fourth-order valence-corrected chi connectivity index (χ4v) is 1.96. The van der Waals surface area contributed by atoms with Crippen molar-refractivity contribution in [3.63, 3.8) is 0 Å². The molecule has 3 heteroatoms. The van der Waals surface area contributed by atoms with Crippen molar-refractivity contribution < 1.29 is 9.15 Å². The van der Waals surface area contributed by atoms with Crippen LogP contribution in [0.25, 0.3) is 11.0 Å². The summed E-state index contributed by atoms with van der Waals surface area (Å²) in [6, 6.07) is 6.36. The van der Waals surface area contributed by atoms with Crippen LogP contribution in [0.3, 0.4) is 0 Å². The molecule has 1 N–H and O–H groups in total. The molecule has 2 rings (SSSR count). The lowest BCUT2D eigenvalue weighted by Gasteiger charge is -2.02. The molecule has 0 saturated carbocycles. The van der Waals surface area contributed by atoms with Gasteiger partial charge in [-0.2, -0.15) is 0 Å². The lowest BCUT2D eigenvalue weighted by atomic mass is 10.1. The second kappa shape index (κ2) is 5.84. The van der Waals surface area contributed by atoms with Crippen LogP contribution < -0.4 is 5.32 Å². The normalized spacial score (nSPS) is 11.2. The Morgan fingerprint density at radius 2 is 2.18 bits per heavy atom. The summed E-state index contributed by atoms with van der Waals surface area (Å²) in [5.41, 5.74) is 3.54. The van der Waals surface area contributed by atoms with Crippen molar-refractivity contribution in [3.8, 4) is 0 Å². The summed E-state index contributed by atoms with van der Waals surface area (Å²) in [4.78, 5) is 0. The van der Waals surface area contributed by atoms with Crippen LogP contribution in [0.2, 0.25) is 0 Å². The first-order valence-corrected chi connectivity index (χ1v) is 5.97. The van der Waals surface area contributed by atoms with E-state index in [0.29, 0.717) is 0 Å². The molecule has 0 aliphatic rings. The van der Waals surface area contributed by atoms with E-state index in [-0.39, 0.29) is 0 Å². The molecule has 0 fully saturated rings. The Morgan fingerprint density at radius 1 is 1.29 bits per heavy atom. The van der Waals surface area contributed by atoms with Crippen LogP contribution in [0.1, 0.15) is 11.1 Å². The first-order valence-electron chi connectivity index (χ1n) is 5.97. The topological polar surface area (TPSA) is 34.4 Å². The number of rotatable bonds is 6. The second-order valence-corrected chi connectivity index (χ2v) is 4.19. The molecule has 0 saturated heterocycles. The van der Waals surface area contributed by atoms with E-state index in [2.05, 4.69) is 17.4 Å². The van der Waals surface area contributed by atoms with Gasteiger partial charge in [0, 0.05) is 12.5 Å². The monoisotopic (exact) mass is 233 g/mol. The van der Waals surface area contributed by atoms with Gasteiger partial charge in [-0.1, -0.05) is 6.07 Å². The van der Waals surface area contributed by atoms with Gasteiger partial charge >= 0.3 is 0 Å². The maximum atomic E-state index is 5.55. The van der Waals surface area contributed by atoms with Crippen molar-refractivity contribution >= 4 is 11.0 Å². The summed E-state index contributed by atoms with van der Waals surface area (Å²) in [5.74, 6) is 0. The average Bonchev–Trinajstić information content (AvgIpc) is 2.76. The number of hydrogen-bond donors (Lipinski definition) is 1. The van der Waals surface area contributed by atoms with Gasteiger partial charge in [-0.25, -0.2) is 0 Å². The Kier molecular flexibility index (Phi) is 4.18. The van der Waals surface area contributed by atoms with E-state index in [4.69, 9.17) is 9.15 Å². The number of furan rings is 1. The van der Waals surface area contributed by atoms with Crippen LogP contribution in [0.15, 0.2) is 28.9 Å². The van der Waals surface area contributed by atoms with Gasteiger partial charge in [0.15, 0.2) is 0 Å². The van der Waals surface area contributed by atoms with Gasteiger partial charge in [-0.3, -0.25) is 0 Å². The Labute approximate surface area is 102 Å². The summed E-state index contributed by atoms with van der Waals surface area (Å²) >= 11 is 0. The standard InChI is InChI=1S/C14H19NO2/c1-15-7-5-12-10-17-14-4-3-11(6-8-16-2)9-13(12)14/h3-4,9-10,15H,5-8H2,1-2H3. The molecule has 1 aromatic carbocycles. The average molecular weight is 233 g/mol. The Hall–Kier alpha value is -1.32. The van der Waals surface area contributed by atoms with E-state index in [1.807, 2.05) is 19.4 Å². The smallest absolute Gasteiger partial charge is 0.134 e. The van der Waals surface area contributed by atoms with Crippen molar-refractivity contribution in [3.05, 3.63) is 35.6 Å². The van der Waals surface area contributed by atoms with E-state index in [9.17, 15) is 0 Å². The molecule has 0 radical (unpaired) electrons. The van der Waals surface area contributed by atoms with E-state index >= 15 is 0 Å².